The summed E-state index contributed by atoms with van der Waals surface area (Å²) in [6.45, 7) is 6.16. The van der Waals surface area contributed by atoms with E-state index in [4.69, 9.17) is 4.74 Å². The van der Waals surface area contributed by atoms with Crippen LogP contribution in [0, 0.1) is 0 Å². The first kappa shape index (κ1) is 27.4. The molecule has 0 unspecified atom stereocenters. The lowest BCUT2D eigenvalue weighted by Gasteiger charge is -2.40. The maximum absolute atomic E-state index is 13.7. The highest BCUT2D eigenvalue weighted by molar-refractivity contribution is 5.68. The van der Waals surface area contributed by atoms with Gasteiger partial charge in [0.25, 0.3) is 6.43 Å². The van der Waals surface area contributed by atoms with Crippen LogP contribution in [0.25, 0.3) is 0 Å². The van der Waals surface area contributed by atoms with Crippen LogP contribution in [0.5, 0.6) is 0 Å². The van der Waals surface area contributed by atoms with Gasteiger partial charge in [0.15, 0.2) is 0 Å². The zero-order valence-electron chi connectivity index (χ0n) is 22.8. The van der Waals surface area contributed by atoms with Crippen molar-refractivity contribution in [2.75, 3.05) is 61.9 Å². The van der Waals surface area contributed by atoms with E-state index in [0.29, 0.717) is 44.7 Å². The van der Waals surface area contributed by atoms with Crippen molar-refractivity contribution in [2.24, 2.45) is 0 Å². The molecular formula is C28H39F2N7O2. The van der Waals surface area contributed by atoms with Crippen molar-refractivity contribution in [3.05, 3.63) is 35.5 Å². The maximum atomic E-state index is 13.7. The highest BCUT2D eigenvalue weighted by Crippen LogP contribution is 2.34. The number of nitrogens with one attached hydrogen (secondary N) is 2. The second kappa shape index (κ2) is 12.3. The molecule has 2 N–H and O–H groups in total. The number of fused-ring (bicyclic) bond motifs is 2. The van der Waals surface area contributed by atoms with Crippen LogP contribution in [-0.2, 0) is 11.2 Å². The molecule has 11 heteroatoms. The molecule has 212 valence electrons. The van der Waals surface area contributed by atoms with Gasteiger partial charge in [-0.1, -0.05) is 6.92 Å². The third kappa shape index (κ3) is 6.34. The Bertz CT molecular complexity index is 1140. The van der Waals surface area contributed by atoms with Gasteiger partial charge in [0, 0.05) is 62.4 Å². The van der Waals surface area contributed by atoms with E-state index in [-0.39, 0.29) is 23.4 Å². The predicted molar refractivity (Wildman–Crippen MR) is 148 cm³/mol. The number of anilines is 4. The normalized spacial score (nSPS) is 21.7. The average molecular weight is 544 g/mol. The number of alkyl halides is 2. The first-order valence-corrected chi connectivity index (χ1v) is 14.1. The number of hydrogen-bond donors (Lipinski definition) is 2. The summed E-state index contributed by atoms with van der Waals surface area (Å²) in [6.07, 6.45) is 3.82. The Balaban J connectivity index is 1.24. The van der Waals surface area contributed by atoms with E-state index >= 15 is 0 Å². The molecule has 1 aromatic carbocycles. The molecule has 39 heavy (non-hydrogen) atoms. The van der Waals surface area contributed by atoms with Gasteiger partial charge in [-0.05, 0) is 69.3 Å². The summed E-state index contributed by atoms with van der Waals surface area (Å²) < 4.78 is 32.5. The molecular weight excluding hydrogens is 504 g/mol. The van der Waals surface area contributed by atoms with Gasteiger partial charge < -0.3 is 25.2 Å². The predicted octanol–water partition coefficient (Wildman–Crippen LogP) is 5.04. The largest absolute Gasteiger partial charge is 0.449 e. The van der Waals surface area contributed by atoms with Crippen LogP contribution in [0.1, 0.15) is 56.6 Å². The monoisotopic (exact) mass is 543 g/mol. The van der Waals surface area contributed by atoms with Crippen LogP contribution in [0.3, 0.4) is 0 Å². The highest BCUT2D eigenvalue weighted by atomic mass is 19.3. The Labute approximate surface area is 228 Å². The van der Waals surface area contributed by atoms with Crippen molar-refractivity contribution in [1.82, 2.24) is 19.8 Å². The fourth-order valence-corrected chi connectivity index (χ4v) is 5.82. The van der Waals surface area contributed by atoms with Crippen LogP contribution >= 0.6 is 0 Å². The van der Waals surface area contributed by atoms with E-state index in [9.17, 15) is 13.6 Å². The number of aromatic nitrogens is 2. The lowest BCUT2D eigenvalue weighted by molar-refractivity contribution is 0.116. The van der Waals surface area contributed by atoms with Crippen molar-refractivity contribution < 1.29 is 18.3 Å². The second-order valence-electron chi connectivity index (χ2n) is 10.7. The number of rotatable bonds is 10. The van der Waals surface area contributed by atoms with E-state index in [0.717, 1.165) is 43.6 Å². The minimum atomic E-state index is -2.70. The molecule has 1 amide bonds. The number of carbonyl (C=O) groups excluding carboxylic acids is 1. The Morgan fingerprint density at radius 2 is 1.97 bits per heavy atom. The summed E-state index contributed by atoms with van der Waals surface area (Å²) in [6, 6.07) is 7.59. The van der Waals surface area contributed by atoms with E-state index in [1.165, 1.54) is 24.7 Å². The summed E-state index contributed by atoms with van der Waals surface area (Å²) in [5, 5.41) is 6.28. The van der Waals surface area contributed by atoms with E-state index in [2.05, 4.69) is 56.5 Å². The molecule has 2 atom stereocenters. The SMILES string of the molecule is CCc1cc(N2C[C@H]3CC[C@@H](C2)N3C)ccc1Nc1ncc(C(F)F)c(NCCCN2CCCCOC2=O)n1. The first-order valence-electron chi connectivity index (χ1n) is 14.1. The van der Waals surface area contributed by atoms with Gasteiger partial charge in [0.2, 0.25) is 5.95 Å². The number of likely N-dealkylation sites (N-methyl/N-ethyl adjacent to an activating group) is 1. The molecule has 3 fully saturated rings. The summed E-state index contributed by atoms with van der Waals surface area (Å²) in [5.41, 5.74) is 2.96. The zero-order chi connectivity index (χ0) is 27.4. The number of carbonyl (C=O) groups is 1. The second-order valence-corrected chi connectivity index (χ2v) is 10.7. The van der Waals surface area contributed by atoms with Crippen LogP contribution in [-0.4, -0.2) is 84.3 Å². The number of amides is 1. The van der Waals surface area contributed by atoms with Crippen LogP contribution < -0.4 is 15.5 Å². The minimum absolute atomic E-state index is 0.100. The highest BCUT2D eigenvalue weighted by Gasteiger charge is 2.37. The first-order chi connectivity index (χ1) is 18.9. The van der Waals surface area contributed by atoms with Gasteiger partial charge in [-0.3, -0.25) is 4.90 Å². The molecule has 0 saturated carbocycles. The topological polar surface area (TPSA) is 85.9 Å². The number of hydrogen-bond acceptors (Lipinski definition) is 8. The Morgan fingerprint density at radius 3 is 2.72 bits per heavy atom. The lowest BCUT2D eigenvalue weighted by atomic mass is 10.1. The Kier molecular flexibility index (Phi) is 8.64. The van der Waals surface area contributed by atoms with Crippen LogP contribution in [0.2, 0.25) is 0 Å². The Hall–Kier alpha value is -3.21. The average Bonchev–Trinajstić information content (AvgIpc) is 3.10. The summed E-state index contributed by atoms with van der Waals surface area (Å²) in [4.78, 5) is 27.2. The minimum Gasteiger partial charge on any atom is -0.449 e. The summed E-state index contributed by atoms with van der Waals surface area (Å²) >= 11 is 0. The van der Waals surface area contributed by atoms with Crippen LogP contribution in [0.4, 0.5) is 36.7 Å². The summed E-state index contributed by atoms with van der Waals surface area (Å²) in [5.74, 6) is 0.363. The smallest absolute Gasteiger partial charge is 0.409 e. The summed E-state index contributed by atoms with van der Waals surface area (Å²) in [7, 11) is 2.23. The molecule has 1 aromatic heterocycles. The van der Waals surface area contributed by atoms with Crippen molar-refractivity contribution in [3.63, 3.8) is 0 Å². The molecule has 2 aromatic rings. The quantitative estimate of drug-likeness (QED) is 0.404. The number of benzene rings is 1. The third-order valence-corrected chi connectivity index (χ3v) is 8.18. The van der Waals surface area contributed by atoms with Crippen molar-refractivity contribution >= 4 is 29.2 Å². The van der Waals surface area contributed by atoms with E-state index in [1.807, 2.05) is 6.07 Å². The van der Waals surface area contributed by atoms with Gasteiger partial charge in [-0.2, -0.15) is 4.98 Å². The third-order valence-electron chi connectivity index (χ3n) is 8.18. The van der Waals surface area contributed by atoms with Gasteiger partial charge in [0.1, 0.15) is 5.82 Å². The molecule has 0 aliphatic carbocycles. The fraction of sp³-hybridized carbons (Fsp3) is 0.607. The number of aryl methyl sites for hydroxylation is 1. The molecule has 5 rings (SSSR count). The molecule has 3 aliphatic rings. The maximum Gasteiger partial charge on any atom is 0.409 e. The molecule has 0 radical (unpaired) electrons. The zero-order valence-corrected chi connectivity index (χ0v) is 22.8. The molecule has 3 aliphatic heterocycles. The number of ether oxygens (including phenoxy) is 1. The van der Waals surface area contributed by atoms with Crippen molar-refractivity contribution in [3.8, 4) is 0 Å². The van der Waals surface area contributed by atoms with Gasteiger partial charge in [-0.25, -0.2) is 18.6 Å². The van der Waals surface area contributed by atoms with Crippen LogP contribution in [0.15, 0.2) is 24.4 Å². The van der Waals surface area contributed by atoms with Crippen molar-refractivity contribution in [1.29, 1.82) is 0 Å². The molecule has 3 saturated heterocycles. The number of nitrogens with zero attached hydrogens (tertiary/aromatic N) is 5. The fourth-order valence-electron chi connectivity index (χ4n) is 5.82. The standard InChI is InChI=1S/C28H39F2N7O2/c1-3-19-15-20(37-17-21-7-8-22(18-37)35(21)2)9-10-24(19)33-27-32-16-23(25(29)30)26(34-27)31-11-6-13-36-12-4-5-14-39-28(36)38/h9-10,15-16,21-22,25H,3-8,11-14,17-18H2,1-2H3,(H2,31,32,33,34)/t21-,22+. The molecule has 0 spiro atoms. The van der Waals surface area contributed by atoms with E-state index in [1.54, 1.807) is 4.90 Å². The Morgan fingerprint density at radius 1 is 1.18 bits per heavy atom. The molecule has 2 bridgehead atoms. The van der Waals surface area contributed by atoms with Crippen molar-refractivity contribution in [2.45, 2.75) is 64.0 Å². The molecule has 4 heterocycles. The lowest BCUT2D eigenvalue weighted by Crippen LogP contribution is -2.52. The number of piperazine rings is 1. The number of halogens is 2. The number of cyclic esters (lactones) is 1. The van der Waals surface area contributed by atoms with Gasteiger partial charge in [-0.15, -0.1) is 0 Å². The molecule has 9 nitrogen and oxygen atoms in total. The van der Waals surface area contributed by atoms with Gasteiger partial charge in [0.05, 0.1) is 12.2 Å². The van der Waals surface area contributed by atoms with Gasteiger partial charge >= 0.3 is 6.09 Å². The van der Waals surface area contributed by atoms with E-state index < -0.39 is 6.43 Å².